The number of hydrogen-bond donors (Lipinski definition) is 1. The van der Waals surface area contributed by atoms with E-state index in [1.807, 2.05) is 24.3 Å². The van der Waals surface area contributed by atoms with E-state index in [0.29, 0.717) is 5.75 Å². The van der Waals surface area contributed by atoms with Crippen LogP contribution in [0.25, 0.3) is 0 Å². The lowest BCUT2D eigenvalue weighted by molar-refractivity contribution is -0.135. The Morgan fingerprint density at radius 3 is 2.71 bits per heavy atom. The summed E-state index contributed by atoms with van der Waals surface area (Å²) < 4.78 is 5.27. The molecule has 1 atom stereocenters. The lowest BCUT2D eigenvalue weighted by Gasteiger charge is -2.11. The largest absolute Gasteiger partial charge is 0.425 e. The second kappa shape index (κ2) is 7.07. The summed E-state index contributed by atoms with van der Waals surface area (Å²) in [5.74, 6) is 0.263. The molecule has 17 heavy (non-hydrogen) atoms. The summed E-state index contributed by atoms with van der Waals surface area (Å²) in [5.41, 5.74) is 6.56. The van der Waals surface area contributed by atoms with Gasteiger partial charge in [-0.3, -0.25) is 0 Å². The van der Waals surface area contributed by atoms with Crippen LogP contribution in [0, 0.1) is 0 Å². The Labute approximate surface area is 103 Å². The molecule has 0 heterocycles. The van der Waals surface area contributed by atoms with Crippen LogP contribution < -0.4 is 10.5 Å². The maximum Gasteiger partial charge on any atom is 0.328 e. The van der Waals surface area contributed by atoms with Crippen molar-refractivity contribution in [3.05, 3.63) is 29.8 Å². The quantitative estimate of drug-likeness (QED) is 0.468. The summed E-state index contributed by atoms with van der Waals surface area (Å²) in [4.78, 5) is 11.4. The van der Waals surface area contributed by atoms with Crippen molar-refractivity contribution in [1.29, 1.82) is 0 Å². The van der Waals surface area contributed by atoms with Gasteiger partial charge < -0.3 is 10.5 Å². The number of carbonyl (C=O) groups is 1. The maximum atomic E-state index is 11.4. The van der Waals surface area contributed by atoms with Crippen LogP contribution in [0.1, 0.15) is 38.7 Å². The molecule has 0 spiro atoms. The van der Waals surface area contributed by atoms with Crippen molar-refractivity contribution in [2.75, 3.05) is 0 Å². The fraction of sp³-hybridized carbons (Fsp3) is 0.500. The van der Waals surface area contributed by atoms with Crippen LogP contribution in [-0.4, -0.2) is 12.0 Å². The van der Waals surface area contributed by atoms with Gasteiger partial charge in [0.25, 0.3) is 0 Å². The maximum absolute atomic E-state index is 11.4. The first-order valence-corrected chi connectivity index (χ1v) is 6.20. The molecule has 0 fully saturated rings. The minimum atomic E-state index is -0.585. The van der Waals surface area contributed by atoms with Gasteiger partial charge in [-0.05, 0) is 31.4 Å². The molecular formula is C14H21NO2. The molecule has 2 N–H and O–H groups in total. The number of carbonyl (C=O) groups excluding carboxylic acids is 1. The van der Waals surface area contributed by atoms with E-state index in [9.17, 15) is 4.79 Å². The minimum Gasteiger partial charge on any atom is -0.425 e. The van der Waals surface area contributed by atoms with E-state index in [1.54, 1.807) is 6.92 Å². The van der Waals surface area contributed by atoms with Gasteiger partial charge in [0, 0.05) is 0 Å². The van der Waals surface area contributed by atoms with Crippen LogP contribution in [-0.2, 0) is 11.2 Å². The van der Waals surface area contributed by atoms with Crippen molar-refractivity contribution in [2.24, 2.45) is 5.73 Å². The molecule has 0 saturated carbocycles. The zero-order valence-electron chi connectivity index (χ0n) is 10.6. The van der Waals surface area contributed by atoms with Gasteiger partial charge in [-0.15, -0.1) is 0 Å². The number of benzene rings is 1. The number of para-hydroxylation sites is 1. The van der Waals surface area contributed by atoms with Crippen LogP contribution in [0.3, 0.4) is 0 Å². The van der Waals surface area contributed by atoms with Crippen molar-refractivity contribution in [2.45, 2.75) is 45.6 Å². The fourth-order valence-electron chi connectivity index (χ4n) is 1.58. The van der Waals surface area contributed by atoms with Gasteiger partial charge in [-0.25, -0.2) is 4.79 Å². The van der Waals surface area contributed by atoms with Gasteiger partial charge in [-0.1, -0.05) is 38.0 Å². The average Bonchev–Trinajstić information content (AvgIpc) is 2.31. The second-order valence-electron chi connectivity index (χ2n) is 4.27. The Bertz CT molecular complexity index is 361. The van der Waals surface area contributed by atoms with E-state index in [4.69, 9.17) is 10.5 Å². The van der Waals surface area contributed by atoms with Crippen molar-refractivity contribution >= 4 is 5.97 Å². The Balaban J connectivity index is 2.67. The van der Waals surface area contributed by atoms with E-state index in [1.165, 1.54) is 12.8 Å². The van der Waals surface area contributed by atoms with Gasteiger partial charge in [0.2, 0.25) is 0 Å². The van der Waals surface area contributed by atoms with Gasteiger partial charge in [0.05, 0.1) is 0 Å². The number of esters is 1. The predicted molar refractivity (Wildman–Crippen MR) is 69.0 cm³/mol. The molecule has 1 rings (SSSR count). The normalized spacial score (nSPS) is 12.2. The average molecular weight is 235 g/mol. The molecule has 0 aromatic heterocycles. The monoisotopic (exact) mass is 235 g/mol. The molecule has 0 aliphatic rings. The molecule has 0 bridgehead atoms. The lowest BCUT2D eigenvalue weighted by atomic mass is 10.1. The van der Waals surface area contributed by atoms with E-state index >= 15 is 0 Å². The third-order valence-corrected chi connectivity index (χ3v) is 2.60. The van der Waals surface area contributed by atoms with E-state index in [2.05, 4.69) is 6.92 Å². The van der Waals surface area contributed by atoms with Crippen LogP contribution in [0.4, 0.5) is 0 Å². The second-order valence-corrected chi connectivity index (χ2v) is 4.27. The highest BCUT2D eigenvalue weighted by Crippen LogP contribution is 2.20. The highest BCUT2D eigenvalue weighted by Gasteiger charge is 2.12. The Morgan fingerprint density at radius 1 is 1.35 bits per heavy atom. The Morgan fingerprint density at radius 2 is 2.06 bits per heavy atom. The number of ether oxygens (including phenoxy) is 1. The highest BCUT2D eigenvalue weighted by molar-refractivity contribution is 5.77. The SMILES string of the molecule is CCCCCc1ccccc1OC(=O)[C@H](C)N. The Kier molecular flexibility index (Phi) is 5.70. The van der Waals surface area contributed by atoms with E-state index in [0.717, 1.165) is 18.4 Å². The van der Waals surface area contributed by atoms with Crippen molar-refractivity contribution < 1.29 is 9.53 Å². The highest BCUT2D eigenvalue weighted by atomic mass is 16.5. The zero-order chi connectivity index (χ0) is 12.7. The lowest BCUT2D eigenvalue weighted by Crippen LogP contribution is -2.31. The first-order valence-electron chi connectivity index (χ1n) is 6.20. The molecular weight excluding hydrogens is 214 g/mol. The molecule has 1 aromatic rings. The summed E-state index contributed by atoms with van der Waals surface area (Å²) in [6, 6.07) is 7.07. The Hall–Kier alpha value is -1.35. The summed E-state index contributed by atoms with van der Waals surface area (Å²) in [6.45, 7) is 3.80. The minimum absolute atomic E-state index is 0.382. The molecule has 94 valence electrons. The molecule has 0 aliphatic heterocycles. The standard InChI is InChI=1S/C14H21NO2/c1-3-4-5-8-12-9-6-7-10-13(12)17-14(16)11(2)15/h6-7,9-11H,3-5,8,15H2,1-2H3/t11-/m0/s1. The van der Waals surface area contributed by atoms with Crippen LogP contribution in [0.2, 0.25) is 0 Å². The van der Waals surface area contributed by atoms with E-state index in [-0.39, 0.29) is 5.97 Å². The molecule has 3 heteroatoms. The zero-order valence-corrected chi connectivity index (χ0v) is 10.6. The van der Waals surface area contributed by atoms with Gasteiger partial charge in [0.1, 0.15) is 11.8 Å². The molecule has 0 saturated heterocycles. The topological polar surface area (TPSA) is 52.3 Å². The summed E-state index contributed by atoms with van der Waals surface area (Å²) >= 11 is 0. The number of hydrogen-bond acceptors (Lipinski definition) is 3. The third-order valence-electron chi connectivity index (χ3n) is 2.60. The summed E-state index contributed by atoms with van der Waals surface area (Å²) in [7, 11) is 0. The molecule has 0 unspecified atom stereocenters. The fourth-order valence-corrected chi connectivity index (χ4v) is 1.58. The van der Waals surface area contributed by atoms with E-state index < -0.39 is 6.04 Å². The first kappa shape index (κ1) is 13.7. The molecule has 0 radical (unpaired) electrons. The first-order chi connectivity index (χ1) is 8.15. The van der Waals surface area contributed by atoms with Gasteiger partial charge in [-0.2, -0.15) is 0 Å². The number of unbranched alkanes of at least 4 members (excludes halogenated alkanes) is 2. The summed E-state index contributed by atoms with van der Waals surface area (Å²) in [5, 5.41) is 0. The van der Waals surface area contributed by atoms with Crippen molar-refractivity contribution in [3.63, 3.8) is 0 Å². The number of aryl methyl sites for hydroxylation is 1. The molecule has 3 nitrogen and oxygen atoms in total. The predicted octanol–water partition coefficient (Wildman–Crippen LogP) is 2.67. The van der Waals surface area contributed by atoms with Gasteiger partial charge >= 0.3 is 5.97 Å². The van der Waals surface area contributed by atoms with Crippen molar-refractivity contribution in [1.82, 2.24) is 0 Å². The number of nitrogens with two attached hydrogens (primary N) is 1. The summed E-state index contributed by atoms with van der Waals surface area (Å²) in [6.07, 6.45) is 4.43. The number of rotatable bonds is 6. The molecule has 0 aliphatic carbocycles. The van der Waals surface area contributed by atoms with Crippen LogP contribution in [0.5, 0.6) is 5.75 Å². The van der Waals surface area contributed by atoms with Crippen LogP contribution >= 0.6 is 0 Å². The smallest absolute Gasteiger partial charge is 0.328 e. The van der Waals surface area contributed by atoms with Crippen molar-refractivity contribution in [3.8, 4) is 5.75 Å². The molecule has 1 aromatic carbocycles. The third kappa shape index (κ3) is 4.57. The van der Waals surface area contributed by atoms with Crippen LogP contribution in [0.15, 0.2) is 24.3 Å². The van der Waals surface area contributed by atoms with Gasteiger partial charge in [0.15, 0.2) is 0 Å². The molecule has 0 amide bonds.